The molecule has 110 valence electrons. The highest BCUT2D eigenvalue weighted by Gasteiger charge is 2.27. The van der Waals surface area contributed by atoms with Crippen molar-refractivity contribution in [2.24, 2.45) is 0 Å². The maximum Gasteiger partial charge on any atom is 0.312 e. The summed E-state index contributed by atoms with van der Waals surface area (Å²) >= 11 is 0. The van der Waals surface area contributed by atoms with Gasteiger partial charge in [0, 0.05) is 18.9 Å². The third kappa shape index (κ3) is 3.33. The minimum Gasteiger partial charge on any atom is -0.393 e. The molecule has 0 aliphatic carbocycles. The van der Waals surface area contributed by atoms with Gasteiger partial charge in [0.05, 0.1) is 4.92 Å². The third-order valence-corrected chi connectivity index (χ3v) is 4.15. The molecule has 0 aliphatic heterocycles. The Balaban J connectivity index is 2.32. The monoisotopic (exact) mass is 308 g/mol. The fraction of sp³-hybridized carbons (Fsp3) is 0.0833. The molecule has 21 heavy (non-hydrogen) atoms. The van der Waals surface area contributed by atoms with Crippen molar-refractivity contribution in [2.45, 2.75) is 11.4 Å². The Kier molecular flexibility index (Phi) is 4.15. The van der Waals surface area contributed by atoms with Crippen LogP contribution in [-0.2, 0) is 16.6 Å². The Morgan fingerprint density at radius 2 is 1.90 bits per heavy atom. The molecule has 0 saturated heterocycles. The number of para-hydroxylation sites is 1. The smallest absolute Gasteiger partial charge is 0.312 e. The van der Waals surface area contributed by atoms with Gasteiger partial charge < -0.3 is 5.73 Å². The highest BCUT2D eigenvalue weighted by Crippen LogP contribution is 2.29. The molecule has 0 fully saturated rings. The Morgan fingerprint density at radius 1 is 1.24 bits per heavy atom. The normalized spacial score (nSPS) is 11.2. The summed E-state index contributed by atoms with van der Waals surface area (Å²) in [5.41, 5.74) is 5.34. The average molecular weight is 308 g/mol. The zero-order valence-electron chi connectivity index (χ0n) is 10.8. The van der Waals surface area contributed by atoms with Crippen LogP contribution < -0.4 is 10.5 Å². The fourth-order valence-electron chi connectivity index (χ4n) is 1.71. The lowest BCUT2D eigenvalue weighted by atomic mass is 10.3. The highest BCUT2D eigenvalue weighted by molar-refractivity contribution is 7.89. The van der Waals surface area contributed by atoms with Gasteiger partial charge in [0.2, 0.25) is 10.0 Å². The first-order valence-corrected chi connectivity index (χ1v) is 7.31. The van der Waals surface area contributed by atoms with Crippen molar-refractivity contribution in [1.29, 1.82) is 0 Å². The highest BCUT2D eigenvalue weighted by atomic mass is 32.2. The fourth-order valence-corrected chi connectivity index (χ4v) is 2.93. The van der Waals surface area contributed by atoms with Crippen molar-refractivity contribution in [3.05, 3.63) is 58.4 Å². The standard InChI is InChI=1S/C12H12N4O4S/c13-10-2-1-3-11(12(10)16(17)18)21(19,20)15-8-9-4-6-14-7-5-9/h1-7,15H,8,13H2. The zero-order chi connectivity index (χ0) is 15.5. The first-order valence-electron chi connectivity index (χ1n) is 5.83. The van der Waals surface area contributed by atoms with E-state index in [1.807, 2.05) is 0 Å². The van der Waals surface area contributed by atoms with E-state index in [4.69, 9.17) is 5.73 Å². The molecule has 3 N–H and O–H groups in total. The van der Waals surface area contributed by atoms with Crippen molar-refractivity contribution in [3.8, 4) is 0 Å². The predicted molar refractivity (Wildman–Crippen MR) is 75.8 cm³/mol. The summed E-state index contributed by atoms with van der Waals surface area (Å²) in [5, 5.41) is 11.0. The van der Waals surface area contributed by atoms with E-state index in [-0.39, 0.29) is 12.2 Å². The van der Waals surface area contributed by atoms with Crippen LogP contribution in [0.5, 0.6) is 0 Å². The summed E-state index contributed by atoms with van der Waals surface area (Å²) in [4.78, 5) is 13.5. The number of pyridine rings is 1. The molecule has 0 aliphatic rings. The molecule has 0 bridgehead atoms. The van der Waals surface area contributed by atoms with E-state index in [0.717, 1.165) is 6.07 Å². The molecular weight excluding hydrogens is 296 g/mol. The van der Waals surface area contributed by atoms with Crippen LogP contribution >= 0.6 is 0 Å². The number of benzene rings is 1. The molecule has 0 spiro atoms. The lowest BCUT2D eigenvalue weighted by molar-refractivity contribution is -0.386. The van der Waals surface area contributed by atoms with Gasteiger partial charge in [0.25, 0.3) is 0 Å². The van der Waals surface area contributed by atoms with Gasteiger partial charge in [-0.15, -0.1) is 0 Å². The maximum absolute atomic E-state index is 12.2. The third-order valence-electron chi connectivity index (χ3n) is 2.72. The summed E-state index contributed by atoms with van der Waals surface area (Å²) in [6.45, 7) is -0.00317. The summed E-state index contributed by atoms with van der Waals surface area (Å²) in [6, 6.07) is 7.04. The van der Waals surface area contributed by atoms with E-state index in [9.17, 15) is 18.5 Å². The van der Waals surface area contributed by atoms with E-state index in [0.29, 0.717) is 5.56 Å². The molecule has 0 saturated carbocycles. The van der Waals surface area contributed by atoms with Crippen LogP contribution in [0.15, 0.2) is 47.6 Å². The molecule has 0 radical (unpaired) electrons. The van der Waals surface area contributed by atoms with Crippen LogP contribution in [0.2, 0.25) is 0 Å². The van der Waals surface area contributed by atoms with Crippen LogP contribution in [0.25, 0.3) is 0 Å². The molecular formula is C12H12N4O4S. The van der Waals surface area contributed by atoms with E-state index in [2.05, 4.69) is 9.71 Å². The summed E-state index contributed by atoms with van der Waals surface area (Å²) in [6.07, 6.45) is 3.04. The molecule has 0 unspecified atom stereocenters. The number of rotatable bonds is 5. The number of hydrogen-bond donors (Lipinski definition) is 2. The van der Waals surface area contributed by atoms with Crippen LogP contribution in [0.1, 0.15) is 5.56 Å². The number of anilines is 1. The quantitative estimate of drug-likeness (QED) is 0.482. The van der Waals surface area contributed by atoms with E-state index in [1.54, 1.807) is 12.1 Å². The van der Waals surface area contributed by atoms with Crippen LogP contribution in [0.4, 0.5) is 11.4 Å². The van der Waals surface area contributed by atoms with Crippen molar-refractivity contribution >= 4 is 21.4 Å². The Morgan fingerprint density at radius 3 is 2.52 bits per heavy atom. The number of nitrogens with zero attached hydrogens (tertiary/aromatic N) is 2. The molecule has 1 aromatic heterocycles. The number of nitro groups is 1. The Hall–Kier alpha value is -2.52. The molecule has 2 aromatic rings. The molecule has 2 rings (SSSR count). The number of nitrogens with two attached hydrogens (primary N) is 1. The van der Waals surface area contributed by atoms with Crippen LogP contribution in [-0.4, -0.2) is 18.3 Å². The van der Waals surface area contributed by atoms with Gasteiger partial charge >= 0.3 is 5.69 Å². The lowest BCUT2D eigenvalue weighted by Gasteiger charge is -2.08. The van der Waals surface area contributed by atoms with Gasteiger partial charge in [0.15, 0.2) is 4.90 Å². The van der Waals surface area contributed by atoms with E-state index >= 15 is 0 Å². The van der Waals surface area contributed by atoms with E-state index in [1.165, 1.54) is 24.5 Å². The van der Waals surface area contributed by atoms with E-state index < -0.39 is 25.5 Å². The molecule has 0 atom stereocenters. The molecule has 0 amide bonds. The van der Waals surface area contributed by atoms with Gasteiger partial charge in [0.1, 0.15) is 5.69 Å². The summed E-state index contributed by atoms with van der Waals surface area (Å²) in [7, 11) is -4.05. The van der Waals surface area contributed by atoms with Gasteiger partial charge in [-0.2, -0.15) is 0 Å². The van der Waals surface area contributed by atoms with Crippen molar-refractivity contribution in [2.75, 3.05) is 5.73 Å². The SMILES string of the molecule is Nc1cccc(S(=O)(=O)NCc2ccncc2)c1[N+](=O)[O-]. The summed E-state index contributed by atoms with van der Waals surface area (Å²) in [5.74, 6) is 0. The molecule has 9 heteroatoms. The molecule has 1 heterocycles. The topological polar surface area (TPSA) is 128 Å². The number of nitrogens with one attached hydrogen (secondary N) is 1. The second kappa shape index (κ2) is 5.85. The van der Waals surface area contributed by atoms with Crippen LogP contribution in [0.3, 0.4) is 0 Å². The Bertz CT molecular complexity index is 762. The zero-order valence-corrected chi connectivity index (χ0v) is 11.6. The van der Waals surface area contributed by atoms with Crippen LogP contribution in [0, 0.1) is 10.1 Å². The maximum atomic E-state index is 12.2. The van der Waals surface area contributed by atoms with Gasteiger partial charge in [-0.1, -0.05) is 6.07 Å². The van der Waals surface area contributed by atoms with Gasteiger partial charge in [-0.3, -0.25) is 15.1 Å². The number of sulfonamides is 1. The summed E-state index contributed by atoms with van der Waals surface area (Å²) < 4.78 is 26.7. The molecule has 1 aromatic carbocycles. The first kappa shape index (κ1) is 14.9. The van der Waals surface area contributed by atoms with Crippen molar-refractivity contribution in [3.63, 3.8) is 0 Å². The number of nitrogen functional groups attached to an aromatic ring is 1. The van der Waals surface area contributed by atoms with Gasteiger partial charge in [-0.05, 0) is 29.8 Å². The van der Waals surface area contributed by atoms with Crippen molar-refractivity contribution < 1.29 is 13.3 Å². The molecule has 8 nitrogen and oxygen atoms in total. The Labute approximate surface area is 120 Å². The lowest BCUT2D eigenvalue weighted by Crippen LogP contribution is -2.24. The predicted octanol–water partition coefficient (Wildman–Crippen LogP) is 1.05. The van der Waals surface area contributed by atoms with Crippen molar-refractivity contribution in [1.82, 2.24) is 9.71 Å². The largest absolute Gasteiger partial charge is 0.393 e. The number of hydrogen-bond acceptors (Lipinski definition) is 6. The first-order chi connectivity index (χ1) is 9.92. The van der Waals surface area contributed by atoms with Gasteiger partial charge in [-0.25, -0.2) is 13.1 Å². The second-order valence-corrected chi connectivity index (χ2v) is 5.87. The minimum absolute atomic E-state index is 0.00317. The minimum atomic E-state index is -4.05. The number of nitro benzene ring substituents is 1. The average Bonchev–Trinajstić information content (AvgIpc) is 2.46. The second-order valence-electron chi connectivity index (χ2n) is 4.13. The number of aromatic nitrogens is 1.